The third-order valence-corrected chi connectivity index (χ3v) is 6.32. The number of carbonyl (C=O) groups is 2. The Morgan fingerprint density at radius 1 is 1.24 bits per heavy atom. The number of carboxylic acids is 1. The predicted octanol–water partition coefficient (Wildman–Crippen LogP) is 2.55. The highest BCUT2D eigenvalue weighted by Crippen LogP contribution is 2.45. The summed E-state index contributed by atoms with van der Waals surface area (Å²) in [6.07, 6.45) is 5.37. The van der Waals surface area contributed by atoms with Crippen molar-refractivity contribution in [3.63, 3.8) is 0 Å². The van der Waals surface area contributed by atoms with Gasteiger partial charge in [-0.05, 0) is 43.0 Å². The summed E-state index contributed by atoms with van der Waals surface area (Å²) in [4.78, 5) is 31.1. The maximum atomic E-state index is 12.6. The molecule has 2 aromatic heterocycles. The Morgan fingerprint density at radius 3 is 2.64 bits per heavy atom. The number of nitrogens with zero attached hydrogens (tertiary/aromatic N) is 2. The molecule has 2 aromatic rings. The van der Waals surface area contributed by atoms with Gasteiger partial charge in [0, 0.05) is 35.9 Å². The molecule has 4 heterocycles. The second-order valence-corrected chi connectivity index (χ2v) is 7.44. The summed E-state index contributed by atoms with van der Waals surface area (Å²) >= 11 is 1.32. The van der Waals surface area contributed by atoms with Crippen LogP contribution in [0.1, 0.15) is 43.3 Å². The number of piperidine rings is 1. The van der Waals surface area contributed by atoms with Crippen LogP contribution in [0.15, 0.2) is 30.6 Å². The molecule has 130 valence electrons. The standard InChI is InChI=1S/C18H18N2O4S/c21-16(12-1-6-19-7-2-12)20-8-4-18(5-9-20)15-13(3-10-24-18)11-14(25-15)17(22)23/h1-2,6-7,11H,3-5,8-10H2,(H,22,23). The molecule has 7 heteroatoms. The molecule has 0 radical (unpaired) electrons. The highest BCUT2D eigenvalue weighted by atomic mass is 32.1. The lowest BCUT2D eigenvalue weighted by atomic mass is 9.85. The van der Waals surface area contributed by atoms with Crippen LogP contribution < -0.4 is 0 Å². The fourth-order valence-electron chi connectivity index (χ4n) is 3.65. The van der Waals surface area contributed by atoms with Crippen LogP contribution in [-0.2, 0) is 16.8 Å². The summed E-state index contributed by atoms with van der Waals surface area (Å²) in [5, 5.41) is 9.27. The molecular formula is C18H18N2O4S. The number of aromatic carboxylic acids is 1. The van der Waals surface area contributed by atoms with Crippen molar-refractivity contribution in [1.82, 2.24) is 9.88 Å². The first-order valence-corrected chi connectivity index (χ1v) is 9.10. The van der Waals surface area contributed by atoms with Crippen LogP contribution in [0, 0.1) is 0 Å². The van der Waals surface area contributed by atoms with Crippen molar-refractivity contribution in [1.29, 1.82) is 0 Å². The molecule has 1 saturated heterocycles. The van der Waals surface area contributed by atoms with Crippen molar-refractivity contribution >= 4 is 23.2 Å². The quantitative estimate of drug-likeness (QED) is 0.892. The topological polar surface area (TPSA) is 79.7 Å². The smallest absolute Gasteiger partial charge is 0.345 e. The zero-order valence-corrected chi connectivity index (χ0v) is 14.4. The number of hydrogen-bond acceptors (Lipinski definition) is 5. The second-order valence-electron chi connectivity index (χ2n) is 6.39. The molecular weight excluding hydrogens is 340 g/mol. The summed E-state index contributed by atoms with van der Waals surface area (Å²) in [5.41, 5.74) is 1.28. The Kier molecular flexibility index (Phi) is 4.05. The van der Waals surface area contributed by atoms with Gasteiger partial charge in [0.25, 0.3) is 5.91 Å². The van der Waals surface area contributed by atoms with Gasteiger partial charge in [0.2, 0.25) is 0 Å². The molecule has 2 aliphatic rings. The number of carbonyl (C=O) groups excluding carboxylic acids is 1. The number of amides is 1. The molecule has 0 atom stereocenters. The van der Waals surface area contributed by atoms with Gasteiger partial charge in [-0.3, -0.25) is 9.78 Å². The van der Waals surface area contributed by atoms with E-state index in [1.165, 1.54) is 11.3 Å². The van der Waals surface area contributed by atoms with E-state index in [2.05, 4.69) is 4.98 Å². The molecule has 1 N–H and O–H groups in total. The summed E-state index contributed by atoms with van der Waals surface area (Å²) in [6.45, 7) is 1.79. The highest BCUT2D eigenvalue weighted by Gasteiger charge is 2.43. The van der Waals surface area contributed by atoms with Crippen molar-refractivity contribution in [2.45, 2.75) is 24.9 Å². The average Bonchev–Trinajstić information content (AvgIpc) is 3.09. The van der Waals surface area contributed by atoms with Gasteiger partial charge in [-0.15, -0.1) is 11.3 Å². The van der Waals surface area contributed by atoms with Gasteiger partial charge in [-0.1, -0.05) is 0 Å². The normalized spacial score (nSPS) is 18.8. The van der Waals surface area contributed by atoms with Gasteiger partial charge in [-0.2, -0.15) is 0 Å². The SMILES string of the molecule is O=C(O)c1cc2c(s1)C1(CCN(C(=O)c3ccncc3)CC1)OCC2. The van der Waals surface area contributed by atoms with E-state index in [0.29, 0.717) is 43.0 Å². The van der Waals surface area contributed by atoms with Gasteiger partial charge in [-0.25, -0.2) is 4.79 Å². The van der Waals surface area contributed by atoms with Crippen molar-refractivity contribution in [2.75, 3.05) is 19.7 Å². The molecule has 0 unspecified atom stereocenters. The number of likely N-dealkylation sites (tertiary alicyclic amines) is 1. The summed E-state index contributed by atoms with van der Waals surface area (Å²) in [5.74, 6) is -0.884. The summed E-state index contributed by atoms with van der Waals surface area (Å²) in [7, 11) is 0. The van der Waals surface area contributed by atoms with Crippen LogP contribution in [0.4, 0.5) is 0 Å². The lowest BCUT2D eigenvalue weighted by Gasteiger charge is -2.43. The van der Waals surface area contributed by atoms with Gasteiger partial charge in [0.15, 0.2) is 0 Å². The van der Waals surface area contributed by atoms with Gasteiger partial charge in [0.05, 0.1) is 6.61 Å². The summed E-state index contributed by atoms with van der Waals surface area (Å²) in [6, 6.07) is 5.22. The molecule has 0 aromatic carbocycles. The number of thiophene rings is 1. The molecule has 0 bridgehead atoms. The summed E-state index contributed by atoms with van der Waals surface area (Å²) < 4.78 is 6.13. The fraction of sp³-hybridized carbons (Fsp3) is 0.389. The minimum Gasteiger partial charge on any atom is -0.477 e. The van der Waals surface area contributed by atoms with Crippen molar-refractivity contribution < 1.29 is 19.4 Å². The minimum atomic E-state index is -0.889. The first kappa shape index (κ1) is 16.2. The van der Waals surface area contributed by atoms with Gasteiger partial charge >= 0.3 is 5.97 Å². The van der Waals surface area contributed by atoms with Crippen LogP contribution in [0.25, 0.3) is 0 Å². The van der Waals surface area contributed by atoms with E-state index in [1.807, 2.05) is 4.90 Å². The number of hydrogen-bond donors (Lipinski definition) is 1. The van der Waals surface area contributed by atoms with Crippen LogP contribution in [0.2, 0.25) is 0 Å². The highest BCUT2D eigenvalue weighted by molar-refractivity contribution is 7.14. The molecule has 0 aliphatic carbocycles. The molecule has 25 heavy (non-hydrogen) atoms. The zero-order chi connectivity index (χ0) is 17.4. The van der Waals surface area contributed by atoms with Crippen molar-refractivity contribution in [3.8, 4) is 0 Å². The van der Waals surface area contributed by atoms with E-state index >= 15 is 0 Å². The molecule has 4 rings (SSSR count). The Morgan fingerprint density at radius 2 is 1.96 bits per heavy atom. The van der Waals surface area contributed by atoms with Crippen LogP contribution in [0.3, 0.4) is 0 Å². The van der Waals surface area contributed by atoms with Crippen LogP contribution >= 0.6 is 11.3 Å². The van der Waals surface area contributed by atoms with E-state index in [4.69, 9.17) is 4.74 Å². The number of fused-ring (bicyclic) bond motifs is 2. The fourth-order valence-corrected chi connectivity index (χ4v) is 4.90. The maximum Gasteiger partial charge on any atom is 0.345 e. The molecule has 0 saturated carbocycles. The molecule has 1 spiro atoms. The zero-order valence-electron chi connectivity index (χ0n) is 13.6. The van der Waals surface area contributed by atoms with E-state index in [1.54, 1.807) is 30.6 Å². The number of aromatic nitrogens is 1. The molecule has 1 fully saturated rings. The Hall–Kier alpha value is -2.25. The van der Waals surface area contributed by atoms with Gasteiger partial charge < -0.3 is 14.7 Å². The van der Waals surface area contributed by atoms with E-state index in [9.17, 15) is 14.7 Å². The lowest BCUT2D eigenvalue weighted by molar-refractivity contribution is -0.0906. The van der Waals surface area contributed by atoms with Crippen LogP contribution in [0.5, 0.6) is 0 Å². The third-order valence-electron chi connectivity index (χ3n) is 4.97. The largest absolute Gasteiger partial charge is 0.477 e. The molecule has 2 aliphatic heterocycles. The lowest BCUT2D eigenvalue weighted by Crippen LogP contribution is -2.47. The number of carboxylic acid groups (broad SMARTS) is 1. The Labute approximate surface area is 149 Å². The average molecular weight is 358 g/mol. The first-order chi connectivity index (χ1) is 12.1. The van der Waals surface area contributed by atoms with E-state index < -0.39 is 11.6 Å². The number of ether oxygens (including phenoxy) is 1. The van der Waals surface area contributed by atoms with E-state index in [-0.39, 0.29) is 5.91 Å². The number of pyridine rings is 1. The number of rotatable bonds is 2. The maximum absolute atomic E-state index is 12.6. The van der Waals surface area contributed by atoms with Crippen molar-refractivity contribution in [3.05, 3.63) is 51.5 Å². The minimum absolute atomic E-state index is 0.00527. The van der Waals surface area contributed by atoms with E-state index in [0.717, 1.165) is 16.9 Å². The monoisotopic (exact) mass is 358 g/mol. The Bertz CT molecular complexity index is 810. The van der Waals surface area contributed by atoms with Gasteiger partial charge in [0.1, 0.15) is 10.5 Å². The molecule has 6 nitrogen and oxygen atoms in total. The Balaban J connectivity index is 1.54. The third kappa shape index (κ3) is 2.83. The predicted molar refractivity (Wildman–Crippen MR) is 92.0 cm³/mol. The second kappa shape index (κ2) is 6.24. The van der Waals surface area contributed by atoms with Crippen LogP contribution in [-0.4, -0.2) is 46.6 Å². The first-order valence-electron chi connectivity index (χ1n) is 8.29. The molecule has 1 amide bonds. The van der Waals surface area contributed by atoms with Crippen molar-refractivity contribution in [2.24, 2.45) is 0 Å².